The molecular formula is C42H47N7O4. The van der Waals surface area contributed by atoms with E-state index >= 15 is 0 Å². The highest BCUT2D eigenvalue weighted by molar-refractivity contribution is 6.01. The summed E-state index contributed by atoms with van der Waals surface area (Å²) in [5.41, 5.74) is 9.72. The summed E-state index contributed by atoms with van der Waals surface area (Å²) in [5, 5.41) is 13.5. The van der Waals surface area contributed by atoms with E-state index in [4.69, 9.17) is 9.84 Å². The Morgan fingerprint density at radius 1 is 0.962 bits per heavy atom. The van der Waals surface area contributed by atoms with Crippen molar-refractivity contribution >= 4 is 34.6 Å². The van der Waals surface area contributed by atoms with Crippen LogP contribution < -0.4 is 16.0 Å². The Morgan fingerprint density at radius 3 is 2.42 bits per heavy atom. The predicted octanol–water partition coefficient (Wildman–Crippen LogP) is 7.02. The Hall–Kier alpha value is -5.55. The van der Waals surface area contributed by atoms with Crippen LogP contribution in [0.5, 0.6) is 0 Å². The molecule has 4 heterocycles. The Balaban J connectivity index is 0.937. The first-order valence-corrected chi connectivity index (χ1v) is 18.4. The maximum atomic E-state index is 12.2. The first-order valence-electron chi connectivity index (χ1n) is 18.4. The summed E-state index contributed by atoms with van der Waals surface area (Å²) in [5.74, 6) is 0.0516. The molecule has 53 heavy (non-hydrogen) atoms. The van der Waals surface area contributed by atoms with E-state index in [1.54, 1.807) is 0 Å². The molecule has 5 aromatic rings. The van der Waals surface area contributed by atoms with E-state index in [1.165, 1.54) is 11.1 Å². The normalized spacial score (nSPS) is 17.1. The number of likely N-dealkylation sites (tertiary alicyclic amines) is 1. The Morgan fingerprint density at radius 2 is 1.72 bits per heavy atom. The van der Waals surface area contributed by atoms with Crippen molar-refractivity contribution in [3.63, 3.8) is 0 Å². The topological polar surface area (TPSA) is 130 Å². The average Bonchev–Trinajstić information content (AvgIpc) is 3.57. The molecule has 0 radical (unpaired) electrons. The number of amides is 3. The van der Waals surface area contributed by atoms with Gasteiger partial charge in [0.1, 0.15) is 22.7 Å². The minimum absolute atomic E-state index is 0.203. The van der Waals surface area contributed by atoms with Gasteiger partial charge in [0.05, 0.1) is 11.9 Å². The van der Waals surface area contributed by atoms with E-state index in [0.29, 0.717) is 25.3 Å². The number of piperidine rings is 2. The van der Waals surface area contributed by atoms with E-state index in [-0.39, 0.29) is 17.9 Å². The Kier molecular flexibility index (Phi) is 10.3. The van der Waals surface area contributed by atoms with Crippen molar-refractivity contribution in [1.82, 2.24) is 30.3 Å². The van der Waals surface area contributed by atoms with Gasteiger partial charge < -0.3 is 15.4 Å². The molecule has 1 unspecified atom stereocenters. The lowest BCUT2D eigenvalue weighted by atomic mass is 9.89. The fraction of sp³-hybridized carbons (Fsp3) is 0.357. The van der Waals surface area contributed by atoms with Crippen LogP contribution in [-0.4, -0.2) is 62.3 Å². The minimum atomic E-state index is -0.542. The summed E-state index contributed by atoms with van der Waals surface area (Å²) in [4.78, 5) is 42.8. The molecule has 0 aliphatic carbocycles. The molecule has 0 spiro atoms. The van der Waals surface area contributed by atoms with Crippen molar-refractivity contribution in [1.29, 1.82) is 0 Å². The summed E-state index contributed by atoms with van der Waals surface area (Å²) in [6.07, 6.45) is 6.43. The number of hydrogen-bond donors (Lipinski definition) is 3. The van der Waals surface area contributed by atoms with Crippen molar-refractivity contribution in [3.8, 4) is 16.8 Å². The molecule has 3 aromatic carbocycles. The average molecular weight is 714 g/mol. The fourth-order valence-electron chi connectivity index (χ4n) is 7.15. The molecule has 3 amide bonds. The van der Waals surface area contributed by atoms with Crippen LogP contribution >= 0.6 is 0 Å². The zero-order chi connectivity index (χ0) is 37.1. The second-order valence-corrected chi connectivity index (χ2v) is 15.1. The molecule has 274 valence electrons. The fourth-order valence-corrected chi connectivity index (χ4v) is 7.15. The summed E-state index contributed by atoms with van der Waals surface area (Å²) >= 11 is 0. The van der Waals surface area contributed by atoms with Gasteiger partial charge >= 0.3 is 6.09 Å². The Labute approximate surface area is 310 Å². The van der Waals surface area contributed by atoms with Crippen molar-refractivity contribution < 1.29 is 19.1 Å². The number of ether oxygens (including phenoxy) is 1. The molecule has 7 rings (SSSR count). The number of fused-ring (bicyclic) bond motifs is 1. The molecule has 2 aliphatic heterocycles. The number of carbonyl (C=O) groups excluding carboxylic acids is 3. The second-order valence-electron chi connectivity index (χ2n) is 15.1. The SMILES string of the molecule is Cc1cc(-c2ccnc3cn(-c4ccc(CN5CCC(c6ccc(NC7CCC(=O)NC7=O)cc6)CC5)cc4)nc23)ccc1CNC(=O)OC(C)(C)C. The van der Waals surface area contributed by atoms with Crippen LogP contribution in [0.25, 0.3) is 27.8 Å². The highest BCUT2D eigenvalue weighted by Crippen LogP contribution is 2.31. The van der Waals surface area contributed by atoms with E-state index < -0.39 is 11.7 Å². The van der Waals surface area contributed by atoms with Gasteiger partial charge in [0.25, 0.3) is 0 Å². The number of pyridine rings is 1. The van der Waals surface area contributed by atoms with Crippen LogP contribution in [0.2, 0.25) is 0 Å². The summed E-state index contributed by atoms with van der Waals surface area (Å²) < 4.78 is 7.27. The molecule has 0 bridgehead atoms. The van der Waals surface area contributed by atoms with Crippen molar-refractivity contribution in [3.05, 3.63) is 107 Å². The third-order valence-electron chi connectivity index (χ3n) is 10.0. The Bertz CT molecular complexity index is 2110. The first-order chi connectivity index (χ1) is 25.5. The summed E-state index contributed by atoms with van der Waals surface area (Å²) in [6, 6.07) is 24.9. The monoisotopic (exact) mass is 713 g/mol. The van der Waals surface area contributed by atoms with Gasteiger partial charge in [-0.2, -0.15) is 5.10 Å². The van der Waals surface area contributed by atoms with Gasteiger partial charge in [0.2, 0.25) is 11.8 Å². The third-order valence-corrected chi connectivity index (χ3v) is 10.0. The molecular weight excluding hydrogens is 667 g/mol. The van der Waals surface area contributed by atoms with Crippen molar-refractivity contribution in [2.45, 2.75) is 84.0 Å². The van der Waals surface area contributed by atoms with E-state index in [1.807, 2.05) is 69.0 Å². The zero-order valence-electron chi connectivity index (χ0n) is 30.8. The van der Waals surface area contributed by atoms with Crippen LogP contribution in [0, 0.1) is 6.92 Å². The number of anilines is 1. The van der Waals surface area contributed by atoms with Gasteiger partial charge in [-0.15, -0.1) is 0 Å². The number of aromatic nitrogens is 3. The molecule has 3 N–H and O–H groups in total. The van der Waals surface area contributed by atoms with Crippen molar-refractivity contribution in [2.24, 2.45) is 0 Å². The van der Waals surface area contributed by atoms with Crippen LogP contribution in [0.1, 0.15) is 74.6 Å². The zero-order valence-corrected chi connectivity index (χ0v) is 30.8. The highest BCUT2D eigenvalue weighted by Gasteiger charge is 2.27. The number of nitrogens with one attached hydrogen (secondary N) is 3. The third kappa shape index (κ3) is 8.74. The van der Waals surface area contributed by atoms with Gasteiger partial charge in [-0.05, 0) is 124 Å². The second kappa shape index (κ2) is 15.2. The van der Waals surface area contributed by atoms with Crippen LogP contribution in [0.15, 0.2) is 85.2 Å². The lowest BCUT2D eigenvalue weighted by Crippen LogP contribution is -2.47. The van der Waals surface area contributed by atoms with Gasteiger partial charge in [-0.3, -0.25) is 24.8 Å². The summed E-state index contributed by atoms with van der Waals surface area (Å²) in [7, 11) is 0. The van der Waals surface area contributed by atoms with Crippen LogP contribution in [0.3, 0.4) is 0 Å². The number of alkyl carbamates (subject to hydrolysis) is 1. The van der Waals surface area contributed by atoms with Gasteiger partial charge in [-0.25, -0.2) is 9.48 Å². The number of nitrogens with zero attached hydrogens (tertiary/aromatic N) is 4. The minimum Gasteiger partial charge on any atom is -0.444 e. The highest BCUT2D eigenvalue weighted by atomic mass is 16.6. The lowest BCUT2D eigenvalue weighted by molar-refractivity contribution is -0.133. The van der Waals surface area contributed by atoms with Gasteiger partial charge in [-0.1, -0.05) is 42.5 Å². The van der Waals surface area contributed by atoms with Crippen molar-refractivity contribution in [2.75, 3.05) is 18.4 Å². The standard InChI is InChI=1S/C42H47N7O4/c1-27-23-31(7-8-32(27)24-44-41(52)53-42(2,3)4)35-17-20-43-37-26-49(47-39(35)37)34-13-5-28(6-14-34)25-48-21-18-30(19-22-48)29-9-11-33(12-10-29)45-36-15-16-38(50)46-40(36)51/h5-14,17,20,23,26,30,36,45H,15-16,18-19,21-22,24-25H2,1-4H3,(H,44,52)(H,46,50,51). The van der Waals surface area contributed by atoms with E-state index in [0.717, 1.165) is 77.1 Å². The molecule has 2 fully saturated rings. The number of carbonyl (C=O) groups is 3. The van der Waals surface area contributed by atoms with E-state index in [2.05, 4.69) is 74.4 Å². The van der Waals surface area contributed by atoms with E-state index in [9.17, 15) is 14.4 Å². The molecule has 2 saturated heterocycles. The molecule has 1 atom stereocenters. The van der Waals surface area contributed by atoms with Gasteiger partial charge in [0, 0.05) is 37.0 Å². The maximum absolute atomic E-state index is 12.2. The first kappa shape index (κ1) is 35.8. The largest absolute Gasteiger partial charge is 0.444 e. The maximum Gasteiger partial charge on any atom is 0.407 e. The molecule has 11 heteroatoms. The predicted molar refractivity (Wildman–Crippen MR) is 206 cm³/mol. The quantitative estimate of drug-likeness (QED) is 0.139. The number of imide groups is 1. The molecule has 0 saturated carbocycles. The van der Waals surface area contributed by atoms with Crippen LogP contribution in [-0.2, 0) is 27.4 Å². The lowest BCUT2D eigenvalue weighted by Gasteiger charge is -2.32. The molecule has 11 nitrogen and oxygen atoms in total. The summed E-state index contributed by atoms with van der Waals surface area (Å²) in [6.45, 7) is 10.9. The number of aryl methyl sites for hydroxylation is 1. The molecule has 2 aliphatic rings. The number of hydrogen-bond acceptors (Lipinski definition) is 8. The number of rotatable bonds is 9. The molecule has 2 aromatic heterocycles. The van der Waals surface area contributed by atoms with Gasteiger partial charge in [0.15, 0.2) is 0 Å². The number of benzene rings is 3. The smallest absolute Gasteiger partial charge is 0.407 e. The van der Waals surface area contributed by atoms with Crippen LogP contribution in [0.4, 0.5) is 10.5 Å².